The SMILES string of the molecule is Cn1cc2c(Cl)c(Sc3cnc(N4CCC5(CCN(C(=O)CC#N)CC5NC(=O)OC(C)(C)C)CC4)cn3)ccc2n1. The molecular weight excluding hydrogens is 576 g/mol. The summed E-state index contributed by atoms with van der Waals surface area (Å²) in [5, 5.41) is 18.8. The Bertz CT molecular complexity index is 1510. The number of ether oxygens (including phenoxy) is 1. The van der Waals surface area contributed by atoms with Crippen molar-refractivity contribution in [2.75, 3.05) is 31.1 Å². The smallest absolute Gasteiger partial charge is 0.407 e. The van der Waals surface area contributed by atoms with Crippen molar-refractivity contribution in [2.24, 2.45) is 12.5 Å². The molecule has 1 N–H and O–H groups in total. The highest BCUT2D eigenvalue weighted by molar-refractivity contribution is 7.99. The summed E-state index contributed by atoms with van der Waals surface area (Å²) in [6.07, 6.45) is 7.15. The van der Waals surface area contributed by atoms with Gasteiger partial charge in [-0.15, -0.1) is 0 Å². The molecule has 0 aliphatic carbocycles. The number of likely N-dealkylation sites (tertiary alicyclic amines) is 1. The van der Waals surface area contributed by atoms with Gasteiger partial charge in [-0.1, -0.05) is 23.4 Å². The number of nitriles is 1. The van der Waals surface area contributed by atoms with Gasteiger partial charge in [0.15, 0.2) is 0 Å². The quantitative estimate of drug-likeness (QED) is 0.433. The number of nitrogens with zero attached hydrogens (tertiary/aromatic N) is 7. The third kappa shape index (κ3) is 6.57. The molecule has 2 fully saturated rings. The summed E-state index contributed by atoms with van der Waals surface area (Å²) in [5.41, 5.74) is 0.0203. The second-order valence-corrected chi connectivity index (χ2v) is 13.3. The van der Waals surface area contributed by atoms with Crippen molar-refractivity contribution in [3.05, 3.63) is 35.7 Å². The van der Waals surface area contributed by atoms with Gasteiger partial charge in [-0.3, -0.25) is 9.48 Å². The van der Waals surface area contributed by atoms with E-state index in [0.29, 0.717) is 18.1 Å². The van der Waals surface area contributed by atoms with E-state index >= 15 is 0 Å². The summed E-state index contributed by atoms with van der Waals surface area (Å²) >= 11 is 8.11. The number of carbonyl (C=O) groups is 2. The minimum atomic E-state index is -0.633. The Morgan fingerprint density at radius 2 is 1.93 bits per heavy atom. The first-order chi connectivity index (χ1) is 20.0. The predicted octanol–water partition coefficient (Wildman–Crippen LogP) is 4.79. The van der Waals surface area contributed by atoms with Crippen LogP contribution in [0.2, 0.25) is 5.02 Å². The molecule has 0 bridgehead atoms. The average Bonchev–Trinajstić information content (AvgIpc) is 3.33. The number of rotatable bonds is 5. The van der Waals surface area contributed by atoms with Crippen LogP contribution >= 0.6 is 23.4 Å². The topological polar surface area (TPSA) is 129 Å². The summed E-state index contributed by atoms with van der Waals surface area (Å²) in [5.74, 6) is 0.581. The highest BCUT2D eigenvalue weighted by Crippen LogP contribution is 2.43. The fourth-order valence-corrected chi connectivity index (χ4v) is 6.84. The predicted molar refractivity (Wildman–Crippen MR) is 160 cm³/mol. The summed E-state index contributed by atoms with van der Waals surface area (Å²) in [6, 6.07) is 5.56. The number of alkyl carbamates (subject to hydrolysis) is 1. The molecule has 5 rings (SSSR count). The lowest BCUT2D eigenvalue weighted by Gasteiger charge is -2.51. The summed E-state index contributed by atoms with van der Waals surface area (Å²) in [7, 11) is 1.87. The number of carbonyl (C=O) groups excluding carboxylic acids is 2. The lowest BCUT2D eigenvalue weighted by molar-refractivity contribution is -0.133. The maximum Gasteiger partial charge on any atom is 0.407 e. The Labute approximate surface area is 254 Å². The van der Waals surface area contributed by atoms with Crippen molar-refractivity contribution >= 4 is 52.1 Å². The molecule has 1 atom stereocenters. The zero-order valence-corrected chi connectivity index (χ0v) is 25.8. The minimum absolute atomic E-state index is 0.169. The third-order valence-electron chi connectivity index (χ3n) is 7.91. The number of nitrogens with one attached hydrogen (secondary N) is 1. The van der Waals surface area contributed by atoms with Crippen LogP contribution < -0.4 is 10.2 Å². The number of hydrogen-bond donors (Lipinski definition) is 1. The maximum atomic E-state index is 12.8. The maximum absolute atomic E-state index is 12.8. The first-order valence-electron chi connectivity index (χ1n) is 14.0. The second-order valence-electron chi connectivity index (χ2n) is 11.9. The van der Waals surface area contributed by atoms with Gasteiger partial charge < -0.3 is 19.9 Å². The van der Waals surface area contributed by atoms with Gasteiger partial charge in [0.25, 0.3) is 0 Å². The molecule has 2 aliphatic rings. The number of aromatic nitrogens is 4. The number of piperidine rings is 2. The Morgan fingerprint density at radius 1 is 1.19 bits per heavy atom. The molecule has 1 unspecified atom stereocenters. The molecule has 1 spiro atoms. The molecule has 3 aromatic rings. The molecule has 2 amide bonds. The summed E-state index contributed by atoms with van der Waals surface area (Å²) in [6.45, 7) is 7.87. The molecule has 11 nitrogen and oxygen atoms in total. The minimum Gasteiger partial charge on any atom is -0.444 e. The highest BCUT2D eigenvalue weighted by Gasteiger charge is 2.47. The van der Waals surface area contributed by atoms with Gasteiger partial charge in [0, 0.05) is 49.7 Å². The van der Waals surface area contributed by atoms with Crippen LogP contribution in [0.3, 0.4) is 0 Å². The molecule has 1 aromatic carbocycles. The largest absolute Gasteiger partial charge is 0.444 e. The van der Waals surface area contributed by atoms with Crippen LogP contribution in [0.4, 0.5) is 10.6 Å². The number of hydrogen-bond acceptors (Lipinski definition) is 9. The Morgan fingerprint density at radius 3 is 2.60 bits per heavy atom. The fourth-order valence-electron chi connectivity index (χ4n) is 5.75. The van der Waals surface area contributed by atoms with Crippen molar-refractivity contribution in [3.8, 4) is 6.07 Å². The Balaban J connectivity index is 1.25. The number of aryl methyl sites for hydroxylation is 1. The van der Waals surface area contributed by atoms with Crippen LogP contribution in [0.1, 0.15) is 46.5 Å². The first-order valence-corrected chi connectivity index (χ1v) is 15.2. The normalized spacial score (nSPS) is 18.6. The van der Waals surface area contributed by atoms with E-state index in [1.807, 2.05) is 52.2 Å². The highest BCUT2D eigenvalue weighted by atomic mass is 35.5. The van der Waals surface area contributed by atoms with Crippen LogP contribution in [-0.2, 0) is 16.6 Å². The molecule has 2 saturated heterocycles. The Hall–Kier alpha value is -3.56. The van der Waals surface area contributed by atoms with E-state index in [4.69, 9.17) is 26.6 Å². The summed E-state index contributed by atoms with van der Waals surface area (Å²) < 4.78 is 7.29. The Kier molecular flexibility index (Phi) is 8.53. The molecule has 42 heavy (non-hydrogen) atoms. The standard InChI is InChI=1S/C29H35ClN8O3S/c1-28(2,3)41-27(40)34-22-18-38(25(39)7-11-31)14-10-29(22)8-12-37(13-9-29)23-15-33-24(16-32-23)42-21-6-5-20-19(26(21)30)17-36(4)35-20/h5-6,15-17,22H,7-10,12-14,18H2,1-4H3,(H,34,40). The van der Waals surface area contributed by atoms with Gasteiger partial charge in [0.1, 0.15) is 22.9 Å². The zero-order valence-electron chi connectivity index (χ0n) is 24.3. The van der Waals surface area contributed by atoms with Crippen molar-refractivity contribution in [3.63, 3.8) is 0 Å². The first kappa shape index (κ1) is 29.9. The van der Waals surface area contributed by atoms with E-state index in [0.717, 1.165) is 59.0 Å². The van der Waals surface area contributed by atoms with E-state index in [1.165, 1.54) is 11.8 Å². The van der Waals surface area contributed by atoms with E-state index in [2.05, 4.69) is 20.3 Å². The van der Waals surface area contributed by atoms with E-state index in [9.17, 15) is 9.59 Å². The van der Waals surface area contributed by atoms with Gasteiger partial charge in [0.05, 0.1) is 35.0 Å². The average molecular weight is 611 g/mol. The molecule has 4 heterocycles. The fraction of sp³-hybridized carbons (Fsp3) is 0.517. The molecule has 13 heteroatoms. The molecular formula is C29H35ClN8O3S. The van der Waals surface area contributed by atoms with Crippen molar-refractivity contribution in [1.29, 1.82) is 5.26 Å². The lowest BCUT2D eigenvalue weighted by atomic mass is 9.68. The van der Waals surface area contributed by atoms with Crippen molar-refractivity contribution in [2.45, 2.75) is 68.0 Å². The van der Waals surface area contributed by atoms with Crippen molar-refractivity contribution in [1.82, 2.24) is 30.0 Å². The molecule has 2 aliphatic heterocycles. The van der Waals surface area contributed by atoms with Crippen LogP contribution in [0, 0.1) is 16.7 Å². The molecule has 0 radical (unpaired) electrons. The van der Waals surface area contributed by atoms with E-state index < -0.39 is 11.7 Å². The van der Waals surface area contributed by atoms with E-state index in [1.54, 1.807) is 22.0 Å². The zero-order chi connectivity index (χ0) is 30.1. The second kappa shape index (κ2) is 12.0. The number of halogens is 1. The number of amides is 2. The van der Waals surface area contributed by atoms with Gasteiger partial charge in [0.2, 0.25) is 5.91 Å². The van der Waals surface area contributed by atoms with Crippen LogP contribution in [0.5, 0.6) is 0 Å². The molecule has 0 saturated carbocycles. The number of anilines is 1. The summed E-state index contributed by atoms with van der Waals surface area (Å²) in [4.78, 5) is 39.4. The van der Waals surface area contributed by atoms with Gasteiger partial charge in [-0.05, 0) is 57.6 Å². The molecule has 222 valence electrons. The molecule has 2 aromatic heterocycles. The van der Waals surface area contributed by atoms with E-state index in [-0.39, 0.29) is 23.8 Å². The van der Waals surface area contributed by atoms with Gasteiger partial charge >= 0.3 is 6.09 Å². The number of benzene rings is 1. The van der Waals surface area contributed by atoms with Crippen LogP contribution in [0.15, 0.2) is 40.6 Å². The van der Waals surface area contributed by atoms with Crippen molar-refractivity contribution < 1.29 is 14.3 Å². The monoisotopic (exact) mass is 610 g/mol. The van der Waals surface area contributed by atoms with Gasteiger partial charge in [-0.25, -0.2) is 14.8 Å². The van der Waals surface area contributed by atoms with Crippen LogP contribution in [-0.4, -0.2) is 74.5 Å². The lowest BCUT2D eigenvalue weighted by Crippen LogP contribution is -2.62. The number of fused-ring (bicyclic) bond motifs is 1. The third-order valence-corrected chi connectivity index (χ3v) is 9.41. The van der Waals surface area contributed by atoms with Crippen LogP contribution in [0.25, 0.3) is 10.9 Å². The van der Waals surface area contributed by atoms with Gasteiger partial charge in [-0.2, -0.15) is 10.4 Å².